The number of hydrogen-bond acceptors (Lipinski definition) is 4. The number of rotatable bonds is 4. The van der Waals surface area contributed by atoms with Crippen LogP contribution in [0.4, 0.5) is 14.9 Å². The van der Waals surface area contributed by atoms with E-state index in [2.05, 4.69) is 15.3 Å². The molecular weight excluding hydrogens is 375 g/mol. The largest absolute Gasteiger partial charge is 0.373 e. The maximum absolute atomic E-state index is 12.9. The van der Waals surface area contributed by atoms with Crippen LogP contribution in [0.2, 0.25) is 0 Å². The summed E-state index contributed by atoms with van der Waals surface area (Å²) in [6.45, 7) is 1.59. The average molecular weight is 396 g/mol. The van der Waals surface area contributed by atoms with Gasteiger partial charge in [-0.25, -0.2) is 14.2 Å². The van der Waals surface area contributed by atoms with Crippen LogP contribution in [-0.2, 0) is 11.3 Å². The number of aromatic nitrogens is 2. The summed E-state index contributed by atoms with van der Waals surface area (Å²) in [5, 5.41) is 3.27. The first-order chi connectivity index (χ1) is 14.1. The number of carbonyl (C=O) groups is 1. The molecule has 1 aliphatic rings. The molecular formula is C21H21FN4O3. The number of halogens is 1. The Morgan fingerprint density at radius 3 is 2.72 bits per heavy atom. The quantitative estimate of drug-likeness (QED) is 0.709. The van der Waals surface area contributed by atoms with E-state index in [1.807, 2.05) is 0 Å². The summed E-state index contributed by atoms with van der Waals surface area (Å²) in [6, 6.07) is 11.1. The molecule has 1 aromatic heterocycles. The van der Waals surface area contributed by atoms with Crippen LogP contribution < -0.4 is 10.9 Å². The molecule has 8 heteroatoms. The zero-order chi connectivity index (χ0) is 20.2. The lowest BCUT2D eigenvalue weighted by Crippen LogP contribution is -2.43. The standard InChI is InChI=1S/C21H21FN4O3/c22-15-3-1-14(2-4-15)12-29-17-7-9-26(10-8-17)21(28)25-16-5-6-19-18(11-16)20(27)24-13-23-19/h1-6,11,13,17H,7-10,12H2,(H,25,28)(H,23,24,27). The van der Waals surface area contributed by atoms with Crippen molar-refractivity contribution < 1.29 is 13.9 Å². The van der Waals surface area contributed by atoms with E-state index in [4.69, 9.17) is 4.74 Å². The Bertz CT molecular complexity index is 1060. The van der Waals surface area contributed by atoms with Gasteiger partial charge >= 0.3 is 6.03 Å². The van der Waals surface area contributed by atoms with Crippen molar-refractivity contribution in [3.8, 4) is 0 Å². The van der Waals surface area contributed by atoms with Crippen LogP contribution in [0.25, 0.3) is 10.9 Å². The number of piperidine rings is 1. The fourth-order valence-electron chi connectivity index (χ4n) is 3.37. The Hall–Kier alpha value is -3.26. The predicted molar refractivity (Wildman–Crippen MR) is 107 cm³/mol. The molecule has 1 saturated heterocycles. The molecule has 1 fully saturated rings. The van der Waals surface area contributed by atoms with E-state index < -0.39 is 0 Å². The second-order valence-electron chi connectivity index (χ2n) is 7.02. The number of anilines is 1. The van der Waals surface area contributed by atoms with Crippen molar-refractivity contribution in [2.45, 2.75) is 25.6 Å². The minimum atomic E-state index is -0.264. The normalized spacial score (nSPS) is 14.9. The van der Waals surface area contributed by atoms with E-state index in [1.165, 1.54) is 18.5 Å². The topological polar surface area (TPSA) is 87.3 Å². The number of urea groups is 1. The molecule has 4 rings (SSSR count). The lowest BCUT2D eigenvalue weighted by Gasteiger charge is -2.32. The van der Waals surface area contributed by atoms with Crippen molar-refractivity contribution in [1.29, 1.82) is 0 Å². The molecule has 0 spiro atoms. The molecule has 7 nitrogen and oxygen atoms in total. The van der Waals surface area contributed by atoms with Crippen molar-refractivity contribution in [3.05, 3.63) is 70.5 Å². The van der Waals surface area contributed by atoms with Gasteiger partial charge in [-0.2, -0.15) is 0 Å². The second kappa shape index (κ2) is 8.40. The Kier molecular flexibility index (Phi) is 5.53. The monoisotopic (exact) mass is 396 g/mol. The summed E-state index contributed by atoms with van der Waals surface area (Å²) in [7, 11) is 0. The average Bonchev–Trinajstić information content (AvgIpc) is 2.74. The minimum absolute atomic E-state index is 0.0643. The molecule has 0 saturated carbocycles. The van der Waals surface area contributed by atoms with Gasteiger partial charge in [-0.05, 0) is 48.7 Å². The van der Waals surface area contributed by atoms with Gasteiger partial charge in [0.2, 0.25) is 0 Å². The van der Waals surface area contributed by atoms with Crippen LogP contribution >= 0.6 is 0 Å². The SMILES string of the molecule is O=C(Nc1ccc2nc[nH]c(=O)c2c1)N1CCC(OCc2ccc(F)cc2)CC1. The third-order valence-corrected chi connectivity index (χ3v) is 5.02. The lowest BCUT2D eigenvalue weighted by molar-refractivity contribution is 0.00538. The highest BCUT2D eigenvalue weighted by Crippen LogP contribution is 2.18. The van der Waals surface area contributed by atoms with E-state index in [0.717, 1.165) is 18.4 Å². The van der Waals surface area contributed by atoms with Crippen molar-refractivity contribution in [2.75, 3.05) is 18.4 Å². The first-order valence-corrected chi connectivity index (χ1v) is 9.48. The highest BCUT2D eigenvalue weighted by Gasteiger charge is 2.23. The maximum atomic E-state index is 12.9. The van der Waals surface area contributed by atoms with Gasteiger partial charge in [-0.3, -0.25) is 4.79 Å². The van der Waals surface area contributed by atoms with Gasteiger partial charge in [0.05, 0.1) is 29.9 Å². The van der Waals surface area contributed by atoms with Gasteiger partial charge in [-0.15, -0.1) is 0 Å². The Morgan fingerprint density at radius 1 is 1.21 bits per heavy atom. The maximum Gasteiger partial charge on any atom is 0.321 e. The van der Waals surface area contributed by atoms with Crippen LogP contribution in [0.1, 0.15) is 18.4 Å². The van der Waals surface area contributed by atoms with Gasteiger partial charge in [0.25, 0.3) is 5.56 Å². The van der Waals surface area contributed by atoms with E-state index in [-0.39, 0.29) is 23.5 Å². The predicted octanol–water partition coefficient (Wildman–Crippen LogP) is 3.28. The summed E-state index contributed by atoms with van der Waals surface area (Å²) in [4.78, 5) is 32.8. The van der Waals surface area contributed by atoms with Crippen molar-refractivity contribution in [3.63, 3.8) is 0 Å². The summed E-state index contributed by atoms with van der Waals surface area (Å²) in [5.41, 5.74) is 1.80. The Labute approximate surface area is 166 Å². The molecule has 2 heterocycles. The highest BCUT2D eigenvalue weighted by atomic mass is 19.1. The molecule has 1 aliphatic heterocycles. The van der Waals surface area contributed by atoms with E-state index in [0.29, 0.717) is 36.3 Å². The number of nitrogens with zero attached hydrogens (tertiary/aromatic N) is 2. The number of likely N-dealkylation sites (tertiary alicyclic amines) is 1. The molecule has 0 bridgehead atoms. The van der Waals surface area contributed by atoms with E-state index in [1.54, 1.807) is 35.2 Å². The lowest BCUT2D eigenvalue weighted by atomic mass is 10.1. The second-order valence-corrected chi connectivity index (χ2v) is 7.02. The molecule has 0 aliphatic carbocycles. The molecule has 2 aromatic carbocycles. The van der Waals surface area contributed by atoms with Gasteiger partial charge < -0.3 is 19.9 Å². The zero-order valence-corrected chi connectivity index (χ0v) is 15.7. The third-order valence-electron chi connectivity index (χ3n) is 5.02. The zero-order valence-electron chi connectivity index (χ0n) is 15.7. The molecule has 150 valence electrons. The highest BCUT2D eigenvalue weighted by molar-refractivity contribution is 5.92. The first-order valence-electron chi connectivity index (χ1n) is 9.48. The third kappa shape index (κ3) is 4.60. The number of fused-ring (bicyclic) bond motifs is 1. The number of hydrogen-bond donors (Lipinski definition) is 2. The molecule has 0 unspecified atom stereocenters. The van der Waals surface area contributed by atoms with Gasteiger partial charge in [0.15, 0.2) is 0 Å². The van der Waals surface area contributed by atoms with Gasteiger partial charge in [-0.1, -0.05) is 12.1 Å². The van der Waals surface area contributed by atoms with E-state index >= 15 is 0 Å². The van der Waals surface area contributed by atoms with Crippen molar-refractivity contribution in [2.24, 2.45) is 0 Å². The van der Waals surface area contributed by atoms with Crippen molar-refractivity contribution >= 4 is 22.6 Å². The Balaban J connectivity index is 1.29. The number of benzene rings is 2. The Morgan fingerprint density at radius 2 is 1.97 bits per heavy atom. The molecule has 0 radical (unpaired) electrons. The number of H-pyrrole nitrogens is 1. The number of nitrogens with one attached hydrogen (secondary N) is 2. The number of aromatic amines is 1. The summed E-state index contributed by atoms with van der Waals surface area (Å²) in [5.74, 6) is -0.264. The van der Waals surface area contributed by atoms with Crippen LogP contribution in [0.15, 0.2) is 53.6 Å². The fraction of sp³-hybridized carbons (Fsp3) is 0.286. The smallest absolute Gasteiger partial charge is 0.321 e. The summed E-state index contributed by atoms with van der Waals surface area (Å²) >= 11 is 0. The fourth-order valence-corrected chi connectivity index (χ4v) is 3.37. The summed E-state index contributed by atoms with van der Waals surface area (Å²) < 4.78 is 18.8. The minimum Gasteiger partial charge on any atom is -0.373 e. The summed E-state index contributed by atoms with van der Waals surface area (Å²) in [6.07, 6.45) is 2.88. The van der Waals surface area contributed by atoms with Crippen LogP contribution in [-0.4, -0.2) is 40.1 Å². The molecule has 0 atom stereocenters. The molecule has 2 N–H and O–H groups in total. The number of ether oxygens (including phenoxy) is 1. The van der Waals surface area contributed by atoms with Crippen LogP contribution in [0.3, 0.4) is 0 Å². The molecule has 3 aromatic rings. The molecule has 2 amide bonds. The van der Waals surface area contributed by atoms with Crippen molar-refractivity contribution in [1.82, 2.24) is 14.9 Å². The van der Waals surface area contributed by atoms with Crippen LogP contribution in [0.5, 0.6) is 0 Å². The number of amides is 2. The van der Waals surface area contributed by atoms with E-state index in [9.17, 15) is 14.0 Å². The van der Waals surface area contributed by atoms with Gasteiger partial charge in [0.1, 0.15) is 5.82 Å². The van der Waals surface area contributed by atoms with Gasteiger partial charge in [0, 0.05) is 18.8 Å². The van der Waals surface area contributed by atoms with Crippen LogP contribution in [0, 0.1) is 5.82 Å². The number of carbonyl (C=O) groups excluding carboxylic acids is 1. The first kappa shape index (κ1) is 19.1. The molecule has 29 heavy (non-hydrogen) atoms.